The highest BCUT2D eigenvalue weighted by Gasteiger charge is 2.25. The molecule has 0 aliphatic heterocycles. The topological polar surface area (TPSA) is 42.2 Å². The Bertz CT molecular complexity index is 632. The number of rotatable bonds is 2. The van der Waals surface area contributed by atoms with Gasteiger partial charge in [0.2, 0.25) is 0 Å². The third kappa shape index (κ3) is 1.98. The fourth-order valence-corrected chi connectivity index (χ4v) is 4.39. The van der Waals surface area contributed by atoms with Crippen LogP contribution in [-0.4, -0.2) is 15.6 Å². The maximum Gasteiger partial charge on any atom is 0.345 e. The van der Waals surface area contributed by atoms with Crippen molar-refractivity contribution in [3.63, 3.8) is 0 Å². The standard InChI is InChI=1S/C15H19NO2S/c1-9-13(10-6-4-3-5-7-10)11-8-12(15(17)18)19-14(11)16(9)2/h8,10H,3-7H2,1-2H3,(H,17,18). The summed E-state index contributed by atoms with van der Waals surface area (Å²) in [7, 11) is 2.05. The Morgan fingerprint density at radius 1 is 1.37 bits per heavy atom. The number of hydrogen-bond acceptors (Lipinski definition) is 2. The molecule has 0 bridgehead atoms. The largest absolute Gasteiger partial charge is 0.477 e. The van der Waals surface area contributed by atoms with Gasteiger partial charge in [0.25, 0.3) is 0 Å². The zero-order valence-electron chi connectivity index (χ0n) is 11.4. The maximum atomic E-state index is 11.2. The Hall–Kier alpha value is -1.29. The third-order valence-electron chi connectivity index (χ3n) is 4.42. The van der Waals surface area contributed by atoms with Crippen LogP contribution in [0.25, 0.3) is 10.2 Å². The van der Waals surface area contributed by atoms with E-state index in [1.165, 1.54) is 60.1 Å². The maximum absolute atomic E-state index is 11.2. The molecule has 2 heterocycles. The van der Waals surface area contributed by atoms with E-state index in [1.54, 1.807) is 0 Å². The summed E-state index contributed by atoms with van der Waals surface area (Å²) in [5.74, 6) is -0.192. The van der Waals surface area contributed by atoms with Gasteiger partial charge in [0.1, 0.15) is 9.71 Å². The Kier molecular flexibility index (Phi) is 3.13. The minimum atomic E-state index is -0.812. The molecule has 3 nitrogen and oxygen atoms in total. The van der Waals surface area contributed by atoms with Crippen molar-refractivity contribution >= 4 is 27.5 Å². The monoisotopic (exact) mass is 277 g/mol. The van der Waals surface area contributed by atoms with Gasteiger partial charge in [0, 0.05) is 18.1 Å². The number of fused-ring (bicyclic) bond motifs is 1. The number of carboxylic acids is 1. The lowest BCUT2D eigenvalue weighted by molar-refractivity contribution is 0.0702. The molecule has 1 N–H and O–H groups in total. The van der Waals surface area contributed by atoms with Crippen LogP contribution in [0.2, 0.25) is 0 Å². The number of aryl methyl sites for hydroxylation is 1. The molecule has 19 heavy (non-hydrogen) atoms. The zero-order valence-corrected chi connectivity index (χ0v) is 12.2. The molecule has 4 heteroatoms. The first-order valence-corrected chi connectivity index (χ1v) is 7.73. The average Bonchev–Trinajstić information content (AvgIpc) is 2.92. The average molecular weight is 277 g/mol. The normalized spacial score (nSPS) is 17.2. The molecular weight excluding hydrogens is 258 g/mol. The Balaban J connectivity index is 2.15. The summed E-state index contributed by atoms with van der Waals surface area (Å²) >= 11 is 1.39. The van der Waals surface area contributed by atoms with Crippen molar-refractivity contribution in [3.05, 3.63) is 22.2 Å². The number of carboxylic acid groups (broad SMARTS) is 1. The van der Waals surface area contributed by atoms with E-state index in [9.17, 15) is 4.79 Å². The van der Waals surface area contributed by atoms with Gasteiger partial charge >= 0.3 is 5.97 Å². The summed E-state index contributed by atoms with van der Waals surface area (Å²) in [4.78, 5) is 12.7. The van der Waals surface area contributed by atoms with Crippen LogP contribution in [0.4, 0.5) is 0 Å². The van der Waals surface area contributed by atoms with Crippen molar-refractivity contribution < 1.29 is 9.90 Å². The van der Waals surface area contributed by atoms with Crippen LogP contribution in [0.5, 0.6) is 0 Å². The van der Waals surface area contributed by atoms with Crippen LogP contribution in [0.1, 0.15) is 59.0 Å². The quantitative estimate of drug-likeness (QED) is 0.889. The Morgan fingerprint density at radius 3 is 2.68 bits per heavy atom. The summed E-state index contributed by atoms with van der Waals surface area (Å²) in [5.41, 5.74) is 2.71. The summed E-state index contributed by atoms with van der Waals surface area (Å²) in [5, 5.41) is 10.3. The van der Waals surface area contributed by atoms with E-state index in [1.807, 2.05) is 13.1 Å². The molecule has 0 unspecified atom stereocenters. The number of nitrogens with zero attached hydrogens (tertiary/aromatic N) is 1. The first kappa shape index (κ1) is 12.7. The Morgan fingerprint density at radius 2 is 2.05 bits per heavy atom. The number of carbonyl (C=O) groups is 1. The van der Waals surface area contributed by atoms with Gasteiger partial charge in [-0.1, -0.05) is 19.3 Å². The number of aromatic carboxylic acids is 1. The molecule has 0 amide bonds. The molecule has 2 aromatic heterocycles. The van der Waals surface area contributed by atoms with Crippen molar-refractivity contribution in [1.29, 1.82) is 0 Å². The predicted molar refractivity (Wildman–Crippen MR) is 78.3 cm³/mol. The molecule has 0 atom stereocenters. The van der Waals surface area contributed by atoms with Crippen LogP contribution < -0.4 is 0 Å². The summed E-state index contributed by atoms with van der Waals surface area (Å²) in [6.45, 7) is 2.16. The Labute approximate surface area is 116 Å². The van der Waals surface area contributed by atoms with Gasteiger partial charge < -0.3 is 9.67 Å². The van der Waals surface area contributed by atoms with Crippen LogP contribution in [0.3, 0.4) is 0 Å². The zero-order chi connectivity index (χ0) is 13.6. The molecule has 2 aromatic rings. The number of hydrogen-bond donors (Lipinski definition) is 1. The fraction of sp³-hybridized carbons (Fsp3) is 0.533. The van der Waals surface area contributed by atoms with Crippen LogP contribution >= 0.6 is 11.3 Å². The summed E-state index contributed by atoms with van der Waals surface area (Å²) in [6.07, 6.45) is 6.44. The minimum Gasteiger partial charge on any atom is -0.477 e. The van der Waals surface area contributed by atoms with Gasteiger partial charge in [-0.05, 0) is 37.3 Å². The first-order valence-electron chi connectivity index (χ1n) is 6.91. The molecule has 0 spiro atoms. The lowest BCUT2D eigenvalue weighted by Gasteiger charge is -2.22. The van der Waals surface area contributed by atoms with Gasteiger partial charge in [0.15, 0.2) is 0 Å². The van der Waals surface area contributed by atoms with Gasteiger partial charge in [-0.2, -0.15) is 0 Å². The highest BCUT2D eigenvalue weighted by Crippen LogP contribution is 2.42. The molecular formula is C15H19NO2S. The molecule has 0 aromatic carbocycles. The van der Waals surface area contributed by atoms with E-state index >= 15 is 0 Å². The smallest absolute Gasteiger partial charge is 0.345 e. The van der Waals surface area contributed by atoms with E-state index in [0.29, 0.717) is 10.8 Å². The molecule has 1 aliphatic carbocycles. The highest BCUT2D eigenvalue weighted by molar-refractivity contribution is 7.20. The number of thiophene rings is 1. The molecule has 3 rings (SSSR count). The lowest BCUT2D eigenvalue weighted by Crippen LogP contribution is -2.06. The van der Waals surface area contributed by atoms with Crippen LogP contribution in [0.15, 0.2) is 6.07 Å². The molecule has 1 saturated carbocycles. The molecule has 102 valence electrons. The predicted octanol–water partition coefficient (Wildman–Crippen LogP) is 4.29. The van der Waals surface area contributed by atoms with E-state index < -0.39 is 5.97 Å². The summed E-state index contributed by atoms with van der Waals surface area (Å²) < 4.78 is 2.16. The molecule has 0 radical (unpaired) electrons. The second kappa shape index (κ2) is 4.67. The first-order chi connectivity index (χ1) is 9.09. The van der Waals surface area contributed by atoms with E-state index in [0.717, 1.165) is 4.83 Å². The second-order valence-electron chi connectivity index (χ2n) is 5.53. The van der Waals surface area contributed by atoms with Crippen molar-refractivity contribution in [3.8, 4) is 0 Å². The van der Waals surface area contributed by atoms with Crippen LogP contribution in [-0.2, 0) is 7.05 Å². The molecule has 0 saturated heterocycles. The second-order valence-corrected chi connectivity index (χ2v) is 6.56. The number of aromatic nitrogens is 1. The fourth-order valence-electron chi connectivity index (χ4n) is 3.36. The molecule has 1 aliphatic rings. The van der Waals surface area contributed by atoms with E-state index in [-0.39, 0.29) is 0 Å². The third-order valence-corrected chi connectivity index (χ3v) is 5.62. The minimum absolute atomic E-state index is 0.456. The van der Waals surface area contributed by atoms with Gasteiger partial charge in [-0.3, -0.25) is 0 Å². The van der Waals surface area contributed by atoms with Crippen LogP contribution in [0, 0.1) is 6.92 Å². The van der Waals surface area contributed by atoms with E-state index in [2.05, 4.69) is 11.5 Å². The van der Waals surface area contributed by atoms with E-state index in [4.69, 9.17) is 5.11 Å². The SMILES string of the molecule is Cc1c(C2CCCCC2)c2cc(C(=O)O)sc2n1C. The van der Waals surface area contributed by atoms with Crippen molar-refractivity contribution in [1.82, 2.24) is 4.57 Å². The highest BCUT2D eigenvalue weighted by atomic mass is 32.1. The van der Waals surface area contributed by atoms with Crippen molar-refractivity contribution in [2.75, 3.05) is 0 Å². The van der Waals surface area contributed by atoms with Crippen molar-refractivity contribution in [2.24, 2.45) is 7.05 Å². The lowest BCUT2D eigenvalue weighted by atomic mass is 9.83. The van der Waals surface area contributed by atoms with Gasteiger partial charge in [-0.15, -0.1) is 11.3 Å². The van der Waals surface area contributed by atoms with Gasteiger partial charge in [0.05, 0.1) is 0 Å². The molecule has 1 fully saturated rings. The summed E-state index contributed by atoms with van der Waals surface area (Å²) in [6, 6.07) is 1.87. The van der Waals surface area contributed by atoms with Gasteiger partial charge in [-0.25, -0.2) is 4.79 Å². The van der Waals surface area contributed by atoms with Crippen molar-refractivity contribution in [2.45, 2.75) is 44.9 Å².